The summed E-state index contributed by atoms with van der Waals surface area (Å²) in [6.07, 6.45) is 26.0. The normalized spacial score (nSPS) is 41.9. The number of rotatable bonds is 5. The Morgan fingerprint density at radius 2 is 1.68 bits per heavy atom. The molecule has 0 aromatic carbocycles. The summed E-state index contributed by atoms with van der Waals surface area (Å²) in [5.74, 6) is 5.05. The van der Waals surface area contributed by atoms with Crippen LogP contribution in [-0.4, -0.2) is 18.5 Å². The van der Waals surface area contributed by atoms with Crippen molar-refractivity contribution in [2.45, 2.75) is 116 Å². The first-order valence-corrected chi connectivity index (χ1v) is 14.5. The van der Waals surface area contributed by atoms with Gasteiger partial charge in [0.1, 0.15) is 11.9 Å². The van der Waals surface area contributed by atoms with Gasteiger partial charge in [-0.05, 0) is 107 Å². The van der Waals surface area contributed by atoms with Gasteiger partial charge in [-0.2, -0.15) is 0 Å². The molecule has 3 fully saturated rings. The van der Waals surface area contributed by atoms with Crippen LogP contribution in [0.15, 0.2) is 35.3 Å². The van der Waals surface area contributed by atoms with Crippen molar-refractivity contribution < 1.29 is 14.3 Å². The molecule has 0 heterocycles. The van der Waals surface area contributed by atoms with E-state index in [1.807, 2.05) is 0 Å². The predicted octanol–water partition coefficient (Wildman–Crippen LogP) is 7.82. The zero-order valence-corrected chi connectivity index (χ0v) is 21.3. The number of carbonyl (C=O) groups is 1. The fourth-order valence-electron chi connectivity index (χ4n) is 8.96. The third kappa shape index (κ3) is 3.90. The maximum Gasteiger partial charge on any atom is 0.136 e. The van der Waals surface area contributed by atoms with E-state index in [9.17, 15) is 4.79 Å². The fourth-order valence-corrected chi connectivity index (χ4v) is 8.96. The Kier molecular flexibility index (Phi) is 6.18. The lowest BCUT2D eigenvalue weighted by Gasteiger charge is -2.58. The molecule has 34 heavy (non-hydrogen) atoms. The van der Waals surface area contributed by atoms with E-state index >= 15 is 0 Å². The molecule has 0 spiro atoms. The number of fused-ring (bicyclic) bond motifs is 5. The van der Waals surface area contributed by atoms with Gasteiger partial charge in [0.15, 0.2) is 0 Å². The summed E-state index contributed by atoms with van der Waals surface area (Å²) in [6, 6.07) is 0. The van der Waals surface area contributed by atoms with E-state index in [0.717, 1.165) is 51.0 Å². The molecule has 1 unspecified atom stereocenters. The number of hydrogen-bond acceptors (Lipinski definition) is 3. The Balaban J connectivity index is 1.25. The molecule has 0 radical (unpaired) electrons. The van der Waals surface area contributed by atoms with E-state index in [1.165, 1.54) is 74.9 Å². The lowest BCUT2D eigenvalue weighted by Crippen LogP contribution is -2.53. The minimum absolute atomic E-state index is 0.0846. The Bertz CT molecular complexity index is 896. The van der Waals surface area contributed by atoms with Crippen LogP contribution in [0.1, 0.15) is 110 Å². The van der Waals surface area contributed by atoms with Crippen molar-refractivity contribution in [2.75, 3.05) is 6.61 Å². The molecule has 6 rings (SSSR count). The zero-order chi connectivity index (χ0) is 23.2. The standard InChI is InChI=1S/C31H44O3/c1-30-18-17-28-26(27(30)14-15-29(30)34-25-10-6-3-7-11-25)13-12-22-20-23(32)16-19-31(22,28)21-33-24-8-4-2-5-9-24/h8,10,12,26-29H,2-7,9,11,13-21H2,1H3/t26-,27-,28+,29?,30-,31+/m0/s1. The SMILES string of the molecule is C[C@]12CC[C@@H]3[C@@H](CC=C4CC(=O)CC[C@@]43COC3=CCCCC3)[C@@H]1CCC2OC1=CCCCC1. The van der Waals surface area contributed by atoms with Crippen molar-refractivity contribution in [3.05, 3.63) is 35.3 Å². The van der Waals surface area contributed by atoms with Crippen LogP contribution in [0.3, 0.4) is 0 Å². The second-order valence-corrected chi connectivity index (χ2v) is 12.6. The van der Waals surface area contributed by atoms with E-state index in [4.69, 9.17) is 9.47 Å². The smallest absolute Gasteiger partial charge is 0.136 e. The summed E-state index contributed by atoms with van der Waals surface area (Å²) < 4.78 is 13.3. The highest BCUT2D eigenvalue weighted by Crippen LogP contribution is 2.65. The van der Waals surface area contributed by atoms with Gasteiger partial charge in [0.2, 0.25) is 0 Å². The molecule has 186 valence electrons. The van der Waals surface area contributed by atoms with Crippen molar-refractivity contribution in [3.8, 4) is 0 Å². The predicted molar refractivity (Wildman–Crippen MR) is 135 cm³/mol. The maximum absolute atomic E-state index is 12.5. The first kappa shape index (κ1) is 22.9. The molecule has 0 N–H and O–H groups in total. The van der Waals surface area contributed by atoms with Gasteiger partial charge in [-0.15, -0.1) is 0 Å². The van der Waals surface area contributed by atoms with Crippen LogP contribution in [0.2, 0.25) is 0 Å². The molecule has 3 heteroatoms. The van der Waals surface area contributed by atoms with Crippen LogP contribution in [-0.2, 0) is 14.3 Å². The Morgan fingerprint density at radius 3 is 2.44 bits per heavy atom. The van der Waals surface area contributed by atoms with Gasteiger partial charge >= 0.3 is 0 Å². The molecule has 6 aliphatic carbocycles. The minimum Gasteiger partial charge on any atom is -0.497 e. The number of carbonyl (C=O) groups excluding carboxylic acids is 1. The molecule has 0 aliphatic heterocycles. The Morgan fingerprint density at radius 1 is 0.882 bits per heavy atom. The average Bonchev–Trinajstić information content (AvgIpc) is 3.20. The summed E-state index contributed by atoms with van der Waals surface area (Å²) in [6.45, 7) is 3.35. The van der Waals surface area contributed by atoms with Crippen LogP contribution < -0.4 is 0 Å². The highest BCUT2D eigenvalue weighted by Gasteiger charge is 2.61. The summed E-state index contributed by atoms with van der Waals surface area (Å²) in [7, 11) is 0. The molecular weight excluding hydrogens is 420 g/mol. The average molecular weight is 465 g/mol. The zero-order valence-electron chi connectivity index (χ0n) is 21.3. The summed E-state index contributed by atoms with van der Waals surface area (Å²) in [5, 5.41) is 0. The number of Topliss-reactive ketones (excluding diaryl/α,β-unsaturated/α-hetero) is 1. The number of ketones is 1. The Labute approximate surface area is 206 Å². The van der Waals surface area contributed by atoms with E-state index in [1.54, 1.807) is 0 Å². The monoisotopic (exact) mass is 464 g/mol. The van der Waals surface area contributed by atoms with Gasteiger partial charge in [-0.3, -0.25) is 4.79 Å². The van der Waals surface area contributed by atoms with Crippen LogP contribution in [0, 0.1) is 28.6 Å². The first-order valence-electron chi connectivity index (χ1n) is 14.5. The second-order valence-electron chi connectivity index (χ2n) is 12.6. The van der Waals surface area contributed by atoms with Gasteiger partial charge in [0.25, 0.3) is 0 Å². The highest BCUT2D eigenvalue weighted by atomic mass is 16.5. The topological polar surface area (TPSA) is 35.5 Å². The summed E-state index contributed by atoms with van der Waals surface area (Å²) >= 11 is 0. The van der Waals surface area contributed by atoms with E-state index in [-0.39, 0.29) is 5.41 Å². The van der Waals surface area contributed by atoms with Gasteiger partial charge < -0.3 is 9.47 Å². The van der Waals surface area contributed by atoms with Crippen molar-refractivity contribution in [1.29, 1.82) is 0 Å². The van der Waals surface area contributed by atoms with Crippen LogP contribution in [0.4, 0.5) is 0 Å². The highest BCUT2D eigenvalue weighted by molar-refractivity contribution is 5.82. The molecule has 3 nitrogen and oxygen atoms in total. The van der Waals surface area contributed by atoms with Crippen molar-refractivity contribution in [3.63, 3.8) is 0 Å². The van der Waals surface area contributed by atoms with E-state index in [0.29, 0.717) is 35.6 Å². The molecule has 3 saturated carbocycles. The number of ether oxygens (including phenoxy) is 2. The minimum atomic E-state index is 0.0846. The lowest BCUT2D eigenvalue weighted by atomic mass is 9.47. The van der Waals surface area contributed by atoms with Crippen LogP contribution in [0.25, 0.3) is 0 Å². The molecule has 6 aliphatic rings. The molecule has 0 saturated heterocycles. The van der Waals surface area contributed by atoms with Crippen LogP contribution >= 0.6 is 0 Å². The third-order valence-electron chi connectivity index (χ3n) is 10.9. The Hall–Kier alpha value is -1.51. The molecule has 0 bridgehead atoms. The van der Waals surface area contributed by atoms with Gasteiger partial charge in [0.05, 0.1) is 18.1 Å². The van der Waals surface area contributed by atoms with Gasteiger partial charge in [-0.25, -0.2) is 0 Å². The lowest BCUT2D eigenvalue weighted by molar-refractivity contribution is -0.125. The van der Waals surface area contributed by atoms with Gasteiger partial charge in [0, 0.05) is 36.5 Å². The number of allylic oxidation sites excluding steroid dienone is 5. The van der Waals surface area contributed by atoms with Crippen molar-refractivity contribution in [2.24, 2.45) is 28.6 Å². The second kappa shape index (κ2) is 9.17. The van der Waals surface area contributed by atoms with Crippen molar-refractivity contribution in [1.82, 2.24) is 0 Å². The first-order chi connectivity index (χ1) is 16.6. The molecule has 0 amide bonds. The van der Waals surface area contributed by atoms with Gasteiger partial charge in [-0.1, -0.05) is 18.6 Å². The molecule has 0 aromatic rings. The number of hydrogen-bond donors (Lipinski definition) is 0. The molecular formula is C31H44O3. The summed E-state index contributed by atoms with van der Waals surface area (Å²) in [4.78, 5) is 12.5. The summed E-state index contributed by atoms with van der Waals surface area (Å²) in [5.41, 5.74) is 1.81. The van der Waals surface area contributed by atoms with E-state index in [2.05, 4.69) is 25.2 Å². The van der Waals surface area contributed by atoms with E-state index < -0.39 is 0 Å². The van der Waals surface area contributed by atoms with Crippen LogP contribution in [0.5, 0.6) is 0 Å². The third-order valence-corrected chi connectivity index (χ3v) is 10.9. The van der Waals surface area contributed by atoms with Crippen molar-refractivity contribution >= 4 is 5.78 Å². The molecule has 0 aromatic heterocycles. The molecule has 6 atom stereocenters. The maximum atomic E-state index is 12.5. The largest absolute Gasteiger partial charge is 0.497 e. The quantitative estimate of drug-likeness (QED) is 0.389. The fraction of sp³-hybridized carbons (Fsp3) is 0.774.